The smallest absolute Gasteiger partial charge is 0.481 e. The van der Waals surface area contributed by atoms with E-state index in [9.17, 15) is 18.0 Å². The van der Waals surface area contributed by atoms with Crippen molar-refractivity contribution in [2.24, 2.45) is 11.1 Å². The van der Waals surface area contributed by atoms with Crippen molar-refractivity contribution in [3.63, 3.8) is 0 Å². The number of aromatic nitrogens is 1. The van der Waals surface area contributed by atoms with Gasteiger partial charge in [-0.2, -0.15) is 0 Å². The van der Waals surface area contributed by atoms with Crippen molar-refractivity contribution in [3.05, 3.63) is 18.2 Å². The molecule has 3 rings (SSSR count). The summed E-state index contributed by atoms with van der Waals surface area (Å²) in [4.78, 5) is 14.5. The van der Waals surface area contributed by atoms with Crippen molar-refractivity contribution in [1.29, 1.82) is 0 Å². The monoisotopic (exact) mass is 405 g/mol. The van der Waals surface area contributed by atoms with Gasteiger partial charge >= 0.3 is 12.3 Å². The van der Waals surface area contributed by atoms with Crippen LogP contribution in [0.1, 0.15) is 38.5 Å². The zero-order valence-electron chi connectivity index (χ0n) is 14.6. The number of carbonyl (C=O) groups is 1. The molecule has 1 fully saturated rings. The van der Waals surface area contributed by atoms with E-state index in [4.69, 9.17) is 16.6 Å². The van der Waals surface area contributed by atoms with Crippen LogP contribution in [0.4, 0.5) is 18.3 Å². The molecule has 1 heterocycles. The molecule has 1 aromatic heterocycles. The van der Waals surface area contributed by atoms with Gasteiger partial charge in [0.05, 0.1) is 16.6 Å². The van der Waals surface area contributed by atoms with E-state index in [1.165, 1.54) is 24.6 Å². The molecule has 0 radical (unpaired) electrons. The Hall–Kier alpha value is -2.07. The predicted molar refractivity (Wildman–Crippen MR) is 97.5 cm³/mol. The Morgan fingerprint density at radius 3 is 2.52 bits per heavy atom. The lowest BCUT2D eigenvalue weighted by molar-refractivity contribution is -0.274. The third kappa shape index (κ3) is 6.55. The fraction of sp³-hybridized carbons (Fsp3) is 0.529. The van der Waals surface area contributed by atoms with E-state index < -0.39 is 12.3 Å². The molecule has 10 heteroatoms. The summed E-state index contributed by atoms with van der Waals surface area (Å²) in [7, 11) is 0. The number of aliphatic carboxylic acids is 1. The number of ether oxygens (including phenoxy) is 1. The Morgan fingerprint density at radius 1 is 1.30 bits per heavy atom. The number of fused-ring (bicyclic) bond motifs is 1. The van der Waals surface area contributed by atoms with Crippen molar-refractivity contribution < 1.29 is 27.8 Å². The molecule has 1 aliphatic rings. The first kappa shape index (κ1) is 21.2. The van der Waals surface area contributed by atoms with Gasteiger partial charge in [-0.3, -0.25) is 4.79 Å². The van der Waals surface area contributed by atoms with Crippen molar-refractivity contribution in [1.82, 2.24) is 4.98 Å². The molecule has 1 aromatic carbocycles. The van der Waals surface area contributed by atoms with Crippen molar-refractivity contribution in [3.8, 4) is 5.75 Å². The summed E-state index contributed by atoms with van der Waals surface area (Å²) in [6.45, 7) is 0.527. The normalized spacial score (nSPS) is 16.4. The summed E-state index contributed by atoms with van der Waals surface area (Å²) in [6.07, 6.45) is 1.09. The van der Waals surface area contributed by atoms with E-state index >= 15 is 0 Å². The molecule has 0 amide bonds. The minimum absolute atomic E-state index is 0.0793. The quantitative estimate of drug-likeness (QED) is 0.705. The number of rotatable bonds is 4. The number of hydrogen-bond acceptors (Lipinski definition) is 6. The van der Waals surface area contributed by atoms with Crippen LogP contribution >= 0.6 is 11.3 Å². The molecular formula is C17H22F3N3O3S. The first-order valence-electron chi connectivity index (χ1n) is 8.46. The van der Waals surface area contributed by atoms with E-state index in [1.807, 2.05) is 0 Å². The summed E-state index contributed by atoms with van der Waals surface area (Å²) in [5, 5.41) is 9.02. The van der Waals surface area contributed by atoms with Crippen LogP contribution in [0.25, 0.3) is 10.2 Å². The number of anilines is 1. The molecule has 2 aromatic rings. The number of alkyl halides is 3. The third-order valence-corrected chi connectivity index (χ3v) is 5.33. The molecule has 1 aliphatic carbocycles. The van der Waals surface area contributed by atoms with Gasteiger partial charge < -0.3 is 21.3 Å². The van der Waals surface area contributed by atoms with E-state index in [-0.39, 0.29) is 17.6 Å². The minimum Gasteiger partial charge on any atom is -0.481 e. The average Bonchev–Trinajstić information content (AvgIpc) is 2.93. The zero-order valence-corrected chi connectivity index (χ0v) is 15.4. The van der Waals surface area contributed by atoms with E-state index in [0.29, 0.717) is 21.9 Å². The maximum absolute atomic E-state index is 11.9. The predicted octanol–water partition coefficient (Wildman–Crippen LogP) is 4.15. The van der Waals surface area contributed by atoms with Crippen LogP contribution in [-0.4, -0.2) is 29.0 Å². The highest BCUT2D eigenvalue weighted by Crippen LogP contribution is 2.38. The van der Waals surface area contributed by atoms with E-state index in [1.54, 1.807) is 0 Å². The number of thiazole rings is 1. The SMILES string of the molecule is NCC1(CC(=O)O)CCCCC1.Nc1nc2ccc(OC(F)(F)F)cc2s1. The number of nitrogens with two attached hydrogens (primary N) is 2. The molecular weight excluding hydrogens is 383 g/mol. The summed E-state index contributed by atoms with van der Waals surface area (Å²) >= 11 is 1.11. The Kier molecular flexibility index (Phi) is 6.88. The zero-order chi connectivity index (χ0) is 20.1. The van der Waals surface area contributed by atoms with Gasteiger partial charge in [0.25, 0.3) is 0 Å². The first-order valence-corrected chi connectivity index (χ1v) is 9.28. The van der Waals surface area contributed by atoms with Crippen molar-refractivity contribution in [2.45, 2.75) is 44.9 Å². The standard InChI is InChI=1S/C9H17NO2.C8H5F3N2OS/c10-7-9(6-8(11)12)4-2-1-3-5-9;9-8(10,11)14-4-1-2-5-6(3-4)15-7(12)13-5/h1-7,10H2,(H,11,12);1-3H,(H2,12,13). The van der Waals surface area contributed by atoms with Gasteiger partial charge in [-0.15, -0.1) is 13.2 Å². The van der Waals surface area contributed by atoms with E-state index in [0.717, 1.165) is 37.0 Å². The molecule has 0 saturated heterocycles. The number of hydrogen-bond donors (Lipinski definition) is 3. The second-order valence-corrected chi connectivity index (χ2v) is 7.63. The van der Waals surface area contributed by atoms with Crippen LogP contribution in [0, 0.1) is 5.41 Å². The first-order chi connectivity index (χ1) is 12.6. The van der Waals surface area contributed by atoms with Crippen molar-refractivity contribution >= 4 is 32.7 Å². The number of nitrogens with zero attached hydrogens (tertiary/aromatic N) is 1. The van der Waals surface area contributed by atoms with Crippen LogP contribution in [0.2, 0.25) is 0 Å². The van der Waals surface area contributed by atoms with Crippen LogP contribution in [0.15, 0.2) is 18.2 Å². The summed E-state index contributed by atoms with van der Waals surface area (Å²) < 4.78 is 40.0. The molecule has 0 atom stereocenters. The van der Waals surface area contributed by atoms with Gasteiger partial charge in [-0.1, -0.05) is 30.6 Å². The molecule has 0 bridgehead atoms. The van der Waals surface area contributed by atoms with Crippen LogP contribution in [-0.2, 0) is 4.79 Å². The molecule has 6 nitrogen and oxygen atoms in total. The highest BCUT2D eigenvalue weighted by Gasteiger charge is 2.33. The highest BCUT2D eigenvalue weighted by atomic mass is 32.1. The van der Waals surface area contributed by atoms with Gasteiger partial charge in [-0.05, 0) is 36.9 Å². The Bertz CT molecular complexity index is 774. The minimum atomic E-state index is -4.68. The summed E-state index contributed by atoms with van der Waals surface area (Å²) in [6, 6.07) is 3.90. The maximum atomic E-state index is 11.9. The lowest BCUT2D eigenvalue weighted by Crippen LogP contribution is -2.34. The molecule has 0 aliphatic heterocycles. The number of nitrogen functional groups attached to an aromatic ring is 1. The van der Waals surface area contributed by atoms with Gasteiger partial charge in [-0.25, -0.2) is 4.98 Å². The second-order valence-electron chi connectivity index (χ2n) is 6.56. The van der Waals surface area contributed by atoms with E-state index in [2.05, 4.69) is 9.72 Å². The van der Waals surface area contributed by atoms with Crippen LogP contribution in [0.3, 0.4) is 0 Å². The second kappa shape index (κ2) is 8.75. The fourth-order valence-corrected chi connectivity index (χ4v) is 3.96. The van der Waals surface area contributed by atoms with Gasteiger partial charge in [0.15, 0.2) is 5.13 Å². The number of carboxylic acid groups (broad SMARTS) is 1. The van der Waals surface area contributed by atoms with Crippen LogP contribution in [0.5, 0.6) is 5.75 Å². The lowest BCUT2D eigenvalue weighted by atomic mass is 9.72. The summed E-state index contributed by atoms with van der Waals surface area (Å²) in [5.74, 6) is -0.971. The molecule has 0 spiro atoms. The molecule has 0 unspecified atom stereocenters. The number of carboxylic acids is 1. The van der Waals surface area contributed by atoms with Crippen LogP contribution < -0.4 is 16.2 Å². The Morgan fingerprint density at radius 2 is 1.96 bits per heavy atom. The Labute approximate surface area is 158 Å². The number of halogens is 3. The molecule has 5 N–H and O–H groups in total. The third-order valence-electron chi connectivity index (χ3n) is 4.48. The molecule has 150 valence electrons. The Balaban J connectivity index is 0.000000199. The fourth-order valence-electron chi connectivity index (χ4n) is 3.20. The number of benzene rings is 1. The maximum Gasteiger partial charge on any atom is 0.573 e. The molecule has 27 heavy (non-hydrogen) atoms. The average molecular weight is 405 g/mol. The van der Waals surface area contributed by atoms with Gasteiger partial charge in [0.1, 0.15) is 5.75 Å². The topological polar surface area (TPSA) is 111 Å². The van der Waals surface area contributed by atoms with Crippen molar-refractivity contribution in [2.75, 3.05) is 12.3 Å². The van der Waals surface area contributed by atoms with Gasteiger partial charge in [0.2, 0.25) is 0 Å². The lowest BCUT2D eigenvalue weighted by Gasteiger charge is -2.34. The largest absolute Gasteiger partial charge is 0.573 e. The van der Waals surface area contributed by atoms with Gasteiger partial charge in [0, 0.05) is 6.07 Å². The highest BCUT2D eigenvalue weighted by molar-refractivity contribution is 7.22. The summed E-state index contributed by atoms with van der Waals surface area (Å²) in [5.41, 5.74) is 11.5. The molecule has 1 saturated carbocycles.